The Hall–Kier alpha value is -3.40. The first-order valence-electron chi connectivity index (χ1n) is 17.3. The fourth-order valence-electron chi connectivity index (χ4n) is 6.19. The lowest BCUT2D eigenvalue weighted by Crippen LogP contribution is -2.61. The van der Waals surface area contributed by atoms with Crippen LogP contribution in [0.4, 0.5) is 4.39 Å². The summed E-state index contributed by atoms with van der Waals surface area (Å²) in [5, 5.41) is 21.0. The van der Waals surface area contributed by atoms with Gasteiger partial charge in [0.05, 0.1) is 39.3 Å². The minimum atomic E-state index is -4.04. The van der Waals surface area contributed by atoms with Crippen LogP contribution in [-0.2, 0) is 31.6 Å². The predicted molar refractivity (Wildman–Crippen MR) is 206 cm³/mol. The molecule has 0 spiro atoms. The van der Waals surface area contributed by atoms with Crippen LogP contribution in [0, 0.1) is 11.7 Å². The van der Waals surface area contributed by atoms with Crippen molar-refractivity contribution < 1.29 is 27.5 Å². The maximum absolute atomic E-state index is 14.2. The van der Waals surface area contributed by atoms with Gasteiger partial charge in [0, 0.05) is 23.4 Å². The van der Waals surface area contributed by atoms with E-state index in [2.05, 4.69) is 20.9 Å². The van der Waals surface area contributed by atoms with Crippen molar-refractivity contribution in [2.75, 3.05) is 25.9 Å². The number of nitrogens with zero attached hydrogens (tertiary/aromatic N) is 2. The van der Waals surface area contributed by atoms with Gasteiger partial charge in [-0.3, -0.25) is 14.9 Å². The minimum absolute atomic E-state index is 0.0532. The number of carbonyl (C=O) groups is 2. The summed E-state index contributed by atoms with van der Waals surface area (Å²) < 4.78 is 43.3. The molecule has 14 heteroatoms. The van der Waals surface area contributed by atoms with Crippen LogP contribution in [0.15, 0.2) is 83.2 Å². The highest BCUT2D eigenvalue weighted by Crippen LogP contribution is 2.45. The standard InChI is InChI=1S/C38H48FN5O5S3/c1-25(2)22-44(52(48,49)29-14-15-30-33(20-29)51-24-40-30)23-32(45)31(18-26-10-7-6-8-11-26)42-36(47)35(37(3,4)50-5)43-34(46)21-41-38(16-17-38)27-12-9-13-28(39)19-27/h6-15,19-20,24-25,31-32,35,41,45H,16-18,21-23H2,1-5H3,(H,42,47)(H,43,46)/t31-,32+,35+/m0/s1. The number of aliphatic hydroxyl groups excluding tert-OH is 1. The van der Waals surface area contributed by atoms with Crippen molar-refractivity contribution in [2.45, 2.75) is 80.3 Å². The van der Waals surface area contributed by atoms with Crippen molar-refractivity contribution in [3.8, 4) is 0 Å². The number of nitrogens with one attached hydrogen (secondary N) is 3. The number of hydrogen-bond acceptors (Lipinski definition) is 9. The van der Waals surface area contributed by atoms with E-state index in [1.54, 1.807) is 23.7 Å². The number of aliphatic hydroxyl groups is 1. The lowest BCUT2D eigenvalue weighted by atomic mass is 9.97. The third-order valence-electron chi connectivity index (χ3n) is 9.49. The first kappa shape index (κ1) is 39.8. The van der Waals surface area contributed by atoms with E-state index in [9.17, 15) is 27.5 Å². The monoisotopic (exact) mass is 769 g/mol. The Kier molecular flexibility index (Phi) is 12.8. The summed E-state index contributed by atoms with van der Waals surface area (Å²) >= 11 is 2.75. The Morgan fingerprint density at radius 2 is 1.77 bits per heavy atom. The van der Waals surface area contributed by atoms with Crippen molar-refractivity contribution >= 4 is 55.2 Å². The van der Waals surface area contributed by atoms with Crippen LogP contribution in [0.2, 0.25) is 0 Å². The highest BCUT2D eigenvalue weighted by atomic mass is 32.2. The van der Waals surface area contributed by atoms with Gasteiger partial charge >= 0.3 is 0 Å². The maximum atomic E-state index is 14.2. The maximum Gasteiger partial charge on any atom is 0.244 e. The second-order valence-corrected chi connectivity index (χ2v) is 18.6. The molecule has 2 amide bonds. The van der Waals surface area contributed by atoms with Gasteiger partial charge in [-0.05, 0) is 86.7 Å². The smallest absolute Gasteiger partial charge is 0.244 e. The van der Waals surface area contributed by atoms with Crippen LogP contribution in [0.5, 0.6) is 0 Å². The zero-order chi connectivity index (χ0) is 37.7. The van der Waals surface area contributed by atoms with E-state index in [-0.39, 0.29) is 42.7 Å². The number of halogens is 1. The molecule has 0 unspecified atom stereocenters. The van der Waals surface area contributed by atoms with Gasteiger partial charge in [0.15, 0.2) is 0 Å². The van der Waals surface area contributed by atoms with Crippen molar-refractivity contribution in [1.29, 1.82) is 0 Å². The van der Waals surface area contributed by atoms with Crippen LogP contribution in [-0.4, -0.2) is 83.5 Å². The third kappa shape index (κ3) is 9.77. The van der Waals surface area contributed by atoms with Gasteiger partial charge in [0.2, 0.25) is 21.8 Å². The minimum Gasteiger partial charge on any atom is -0.390 e. The highest BCUT2D eigenvalue weighted by molar-refractivity contribution is 8.00. The SMILES string of the molecule is CSC(C)(C)[C@H](NC(=O)CNC1(c2cccc(F)c2)CC1)C(=O)N[C@@H](Cc1ccccc1)[C@H](O)CN(CC(C)C)S(=O)(=O)c1ccc2ncsc2c1. The number of rotatable bonds is 18. The van der Waals surface area contributed by atoms with Crippen LogP contribution in [0.3, 0.4) is 0 Å². The van der Waals surface area contributed by atoms with Crippen molar-refractivity contribution in [1.82, 2.24) is 25.2 Å². The molecule has 0 aliphatic heterocycles. The number of amides is 2. The summed E-state index contributed by atoms with van der Waals surface area (Å²) in [7, 11) is -4.04. The van der Waals surface area contributed by atoms with E-state index in [0.717, 1.165) is 28.7 Å². The Bertz CT molecular complexity index is 1950. The first-order valence-corrected chi connectivity index (χ1v) is 20.9. The predicted octanol–water partition coefficient (Wildman–Crippen LogP) is 5.08. The highest BCUT2D eigenvalue weighted by Gasteiger charge is 2.45. The zero-order valence-corrected chi connectivity index (χ0v) is 32.6. The fraction of sp³-hybridized carbons (Fsp3) is 0.447. The van der Waals surface area contributed by atoms with Gasteiger partial charge in [0.1, 0.15) is 11.9 Å². The van der Waals surface area contributed by atoms with Crippen LogP contribution >= 0.6 is 23.1 Å². The molecule has 1 aromatic heterocycles. The van der Waals surface area contributed by atoms with Gasteiger partial charge in [-0.25, -0.2) is 17.8 Å². The Morgan fingerprint density at radius 1 is 1.04 bits per heavy atom. The number of sulfonamides is 1. The number of carbonyl (C=O) groups excluding carboxylic acids is 2. The molecule has 1 aliphatic rings. The summed E-state index contributed by atoms with van der Waals surface area (Å²) in [6.45, 7) is 7.30. The van der Waals surface area contributed by atoms with Crippen LogP contribution in [0.1, 0.15) is 51.7 Å². The molecule has 3 aromatic carbocycles. The number of hydrogen-bond donors (Lipinski definition) is 4. The molecular formula is C38H48FN5O5S3. The number of thioether (sulfide) groups is 1. The van der Waals surface area contributed by atoms with E-state index in [4.69, 9.17) is 0 Å². The van der Waals surface area contributed by atoms with Gasteiger partial charge in [0.25, 0.3) is 0 Å². The van der Waals surface area contributed by atoms with Gasteiger partial charge < -0.3 is 15.7 Å². The summed E-state index contributed by atoms with van der Waals surface area (Å²) in [6.07, 6.45) is 2.27. The van der Waals surface area contributed by atoms with E-state index in [1.807, 2.05) is 70.3 Å². The summed E-state index contributed by atoms with van der Waals surface area (Å²) in [5.74, 6) is -1.31. The van der Waals surface area contributed by atoms with E-state index in [1.165, 1.54) is 45.6 Å². The molecule has 0 saturated heterocycles. The molecule has 1 heterocycles. The largest absolute Gasteiger partial charge is 0.390 e. The molecule has 4 aromatic rings. The van der Waals surface area contributed by atoms with Crippen LogP contribution < -0.4 is 16.0 Å². The Labute approximate surface area is 314 Å². The second-order valence-electron chi connectivity index (χ2n) is 14.3. The molecule has 52 heavy (non-hydrogen) atoms. The molecule has 280 valence electrons. The molecule has 1 aliphatic carbocycles. The third-order valence-corrected chi connectivity index (χ3v) is 13.4. The Balaban J connectivity index is 1.35. The van der Waals surface area contributed by atoms with Gasteiger partial charge in [-0.1, -0.05) is 56.3 Å². The lowest BCUT2D eigenvalue weighted by molar-refractivity contribution is -0.130. The van der Waals surface area contributed by atoms with Crippen molar-refractivity contribution in [3.05, 3.63) is 95.3 Å². The second kappa shape index (κ2) is 16.7. The number of aromatic nitrogens is 1. The topological polar surface area (TPSA) is 141 Å². The fourth-order valence-corrected chi connectivity index (χ4v) is 9.03. The molecule has 0 bridgehead atoms. The summed E-state index contributed by atoms with van der Waals surface area (Å²) in [6, 6.07) is 18.5. The van der Waals surface area contributed by atoms with Gasteiger partial charge in [-0.2, -0.15) is 16.1 Å². The molecule has 0 radical (unpaired) electrons. The molecule has 1 fully saturated rings. The average molecular weight is 770 g/mol. The van der Waals surface area contributed by atoms with E-state index in [0.29, 0.717) is 5.52 Å². The van der Waals surface area contributed by atoms with Crippen molar-refractivity contribution in [3.63, 3.8) is 0 Å². The van der Waals surface area contributed by atoms with E-state index >= 15 is 0 Å². The van der Waals surface area contributed by atoms with Crippen molar-refractivity contribution in [2.24, 2.45) is 5.92 Å². The average Bonchev–Trinajstić information content (AvgIpc) is 3.76. The zero-order valence-electron chi connectivity index (χ0n) is 30.1. The molecule has 10 nitrogen and oxygen atoms in total. The summed E-state index contributed by atoms with van der Waals surface area (Å²) in [5.41, 5.74) is 3.48. The lowest BCUT2D eigenvalue weighted by Gasteiger charge is -2.35. The normalized spacial score (nSPS) is 16.1. The number of thiazole rings is 1. The van der Waals surface area contributed by atoms with Crippen LogP contribution in [0.25, 0.3) is 10.2 Å². The molecule has 4 N–H and O–H groups in total. The Morgan fingerprint density at radius 3 is 2.42 bits per heavy atom. The molecule has 5 rings (SSSR count). The first-order chi connectivity index (χ1) is 24.6. The van der Waals surface area contributed by atoms with Gasteiger partial charge in [-0.15, -0.1) is 11.3 Å². The quantitative estimate of drug-likeness (QED) is 0.110. The van der Waals surface area contributed by atoms with E-state index < -0.39 is 50.3 Å². The summed E-state index contributed by atoms with van der Waals surface area (Å²) in [4.78, 5) is 31.9. The molecular weight excluding hydrogens is 722 g/mol. The number of fused-ring (bicyclic) bond motifs is 1. The molecule has 3 atom stereocenters. The number of benzene rings is 3. The molecule has 1 saturated carbocycles.